The summed E-state index contributed by atoms with van der Waals surface area (Å²) >= 11 is 0. The fourth-order valence-electron chi connectivity index (χ4n) is 4.50. The van der Waals surface area contributed by atoms with Crippen LogP contribution in [-0.4, -0.2) is 11.2 Å². The van der Waals surface area contributed by atoms with Crippen LogP contribution in [0, 0.1) is 17.8 Å². The normalized spacial score (nSPS) is 55.1. The zero-order valence-corrected chi connectivity index (χ0v) is 10.9. The van der Waals surface area contributed by atoms with E-state index >= 15 is 0 Å². The van der Waals surface area contributed by atoms with Gasteiger partial charge < -0.3 is 4.74 Å². The molecule has 3 fully saturated rings. The van der Waals surface area contributed by atoms with E-state index < -0.39 is 0 Å². The van der Waals surface area contributed by atoms with Crippen molar-refractivity contribution < 1.29 is 4.74 Å². The van der Waals surface area contributed by atoms with Gasteiger partial charge in [0.25, 0.3) is 0 Å². The highest BCUT2D eigenvalue weighted by molar-refractivity contribution is 5.26. The van der Waals surface area contributed by atoms with E-state index in [2.05, 4.69) is 27.4 Å². The summed E-state index contributed by atoms with van der Waals surface area (Å²) in [7, 11) is 0. The van der Waals surface area contributed by atoms with Crippen LogP contribution in [0.5, 0.6) is 0 Å². The molecule has 1 nitrogen and oxygen atoms in total. The van der Waals surface area contributed by atoms with Crippen LogP contribution in [0.4, 0.5) is 0 Å². The third-order valence-electron chi connectivity index (χ3n) is 5.77. The Morgan fingerprint density at radius 1 is 1.12 bits per heavy atom. The van der Waals surface area contributed by atoms with Gasteiger partial charge in [-0.05, 0) is 56.8 Å². The van der Waals surface area contributed by atoms with Gasteiger partial charge in [-0.3, -0.25) is 0 Å². The number of allylic oxidation sites excluding steroid dienone is 1. The lowest BCUT2D eigenvalue weighted by atomic mass is 9.79. The van der Waals surface area contributed by atoms with Gasteiger partial charge in [0.1, 0.15) is 11.2 Å². The molecule has 0 aromatic carbocycles. The largest absolute Gasteiger partial charge is 0.362 e. The average Bonchev–Trinajstić information content (AvgIpc) is 2.84. The first kappa shape index (κ1) is 10.8. The molecule has 1 saturated heterocycles. The Kier molecular flexibility index (Phi) is 2.12. The van der Waals surface area contributed by atoms with Crippen molar-refractivity contribution in [2.75, 3.05) is 0 Å². The SMILES string of the molecule is C=C(C)[C@@H]1CC[C@H](C)[C@@]23CC[C@H](C)[C@@]2(C1)O3. The Labute approximate surface area is 99.3 Å². The predicted molar refractivity (Wildman–Crippen MR) is 66.3 cm³/mol. The first-order valence-corrected chi connectivity index (χ1v) is 6.87. The molecule has 0 aromatic rings. The molecule has 5 atom stereocenters. The van der Waals surface area contributed by atoms with Gasteiger partial charge in [-0.1, -0.05) is 26.0 Å². The van der Waals surface area contributed by atoms with Crippen LogP contribution in [0.15, 0.2) is 12.2 Å². The van der Waals surface area contributed by atoms with Gasteiger partial charge in [-0.25, -0.2) is 0 Å². The van der Waals surface area contributed by atoms with Crippen molar-refractivity contribution in [1.82, 2.24) is 0 Å². The van der Waals surface area contributed by atoms with E-state index in [1.54, 1.807) is 0 Å². The lowest BCUT2D eigenvalue weighted by Crippen LogP contribution is -2.29. The first-order chi connectivity index (χ1) is 7.52. The maximum absolute atomic E-state index is 6.33. The molecule has 16 heavy (non-hydrogen) atoms. The van der Waals surface area contributed by atoms with Gasteiger partial charge in [-0.15, -0.1) is 0 Å². The van der Waals surface area contributed by atoms with Crippen LogP contribution < -0.4 is 0 Å². The lowest BCUT2D eigenvalue weighted by molar-refractivity contribution is 0.124. The summed E-state index contributed by atoms with van der Waals surface area (Å²) in [6.07, 6.45) is 6.57. The second kappa shape index (κ2) is 3.13. The van der Waals surface area contributed by atoms with E-state index in [9.17, 15) is 0 Å². The quantitative estimate of drug-likeness (QED) is 0.482. The van der Waals surface area contributed by atoms with Crippen LogP contribution in [-0.2, 0) is 4.74 Å². The summed E-state index contributed by atoms with van der Waals surface area (Å²) < 4.78 is 6.33. The molecule has 0 unspecified atom stereocenters. The van der Waals surface area contributed by atoms with E-state index in [0.717, 1.165) is 11.8 Å². The molecule has 0 aromatic heterocycles. The van der Waals surface area contributed by atoms with Crippen LogP contribution in [0.2, 0.25) is 0 Å². The zero-order valence-electron chi connectivity index (χ0n) is 10.9. The summed E-state index contributed by atoms with van der Waals surface area (Å²) in [6, 6.07) is 0. The number of rotatable bonds is 1. The van der Waals surface area contributed by atoms with Crippen LogP contribution >= 0.6 is 0 Å². The van der Waals surface area contributed by atoms with Gasteiger partial charge in [0.2, 0.25) is 0 Å². The predicted octanol–water partition coefficient (Wildman–Crippen LogP) is 3.94. The minimum absolute atomic E-state index is 0.243. The van der Waals surface area contributed by atoms with Gasteiger partial charge in [0.15, 0.2) is 0 Å². The monoisotopic (exact) mass is 220 g/mol. The Morgan fingerprint density at radius 2 is 1.81 bits per heavy atom. The third kappa shape index (κ3) is 1.11. The van der Waals surface area contributed by atoms with E-state index in [0.29, 0.717) is 5.92 Å². The number of hydrogen-bond acceptors (Lipinski definition) is 1. The highest BCUT2D eigenvalue weighted by Gasteiger charge is 2.77. The van der Waals surface area contributed by atoms with Crippen molar-refractivity contribution in [3.05, 3.63) is 12.2 Å². The molecule has 0 amide bonds. The van der Waals surface area contributed by atoms with Crippen LogP contribution in [0.3, 0.4) is 0 Å². The molecular formula is C15H24O. The highest BCUT2D eigenvalue weighted by atomic mass is 16.6. The standard InChI is InChI=1S/C15H24O/c1-10(2)13-6-5-11(3)14-8-7-12(4)15(14,9-13)16-14/h11-13H,1,5-9H2,2-4H3/t11-,12-,13+,14-,15+/m0/s1. The van der Waals surface area contributed by atoms with Crippen molar-refractivity contribution >= 4 is 0 Å². The maximum atomic E-state index is 6.33. The second-order valence-corrected chi connectivity index (χ2v) is 6.55. The van der Waals surface area contributed by atoms with Crippen LogP contribution in [0.25, 0.3) is 0 Å². The molecule has 3 rings (SSSR count). The molecule has 2 saturated carbocycles. The fraction of sp³-hybridized carbons (Fsp3) is 0.867. The molecule has 0 spiro atoms. The highest BCUT2D eigenvalue weighted by Crippen LogP contribution is 2.70. The average molecular weight is 220 g/mol. The number of epoxide rings is 1. The Balaban J connectivity index is 1.92. The third-order valence-corrected chi connectivity index (χ3v) is 5.77. The summed E-state index contributed by atoms with van der Waals surface area (Å²) in [6.45, 7) is 11.2. The van der Waals surface area contributed by atoms with Crippen LogP contribution in [0.1, 0.15) is 52.9 Å². The smallest absolute Gasteiger partial charge is 0.101 e. The molecular weight excluding hydrogens is 196 g/mol. The van der Waals surface area contributed by atoms with Gasteiger partial charge in [0, 0.05) is 0 Å². The number of hydrogen-bond donors (Lipinski definition) is 0. The summed E-state index contributed by atoms with van der Waals surface area (Å²) in [5.41, 5.74) is 1.88. The van der Waals surface area contributed by atoms with Gasteiger partial charge in [0.05, 0.1) is 0 Å². The van der Waals surface area contributed by atoms with E-state index in [4.69, 9.17) is 4.74 Å². The molecule has 0 bridgehead atoms. The molecule has 90 valence electrons. The molecule has 0 radical (unpaired) electrons. The van der Waals surface area contributed by atoms with E-state index in [1.165, 1.54) is 37.7 Å². The summed E-state index contributed by atoms with van der Waals surface area (Å²) in [5, 5.41) is 0. The summed E-state index contributed by atoms with van der Waals surface area (Å²) in [4.78, 5) is 0. The molecule has 2 aliphatic carbocycles. The maximum Gasteiger partial charge on any atom is 0.101 e. The molecule has 0 N–H and O–H groups in total. The molecule has 1 heteroatoms. The van der Waals surface area contributed by atoms with Gasteiger partial charge in [-0.2, -0.15) is 0 Å². The van der Waals surface area contributed by atoms with Gasteiger partial charge >= 0.3 is 0 Å². The Morgan fingerprint density at radius 3 is 2.50 bits per heavy atom. The van der Waals surface area contributed by atoms with Crippen molar-refractivity contribution in [1.29, 1.82) is 0 Å². The van der Waals surface area contributed by atoms with Crippen molar-refractivity contribution in [3.8, 4) is 0 Å². The molecule has 3 aliphatic rings. The van der Waals surface area contributed by atoms with Crippen molar-refractivity contribution in [3.63, 3.8) is 0 Å². The summed E-state index contributed by atoms with van der Waals surface area (Å²) in [5.74, 6) is 2.21. The minimum Gasteiger partial charge on any atom is -0.362 e. The number of ether oxygens (including phenoxy) is 1. The minimum atomic E-state index is 0.243. The molecule has 1 aliphatic heterocycles. The first-order valence-electron chi connectivity index (χ1n) is 6.87. The van der Waals surface area contributed by atoms with Crippen molar-refractivity contribution in [2.24, 2.45) is 17.8 Å². The molecule has 1 heterocycles. The van der Waals surface area contributed by atoms with Crippen molar-refractivity contribution in [2.45, 2.75) is 64.1 Å². The van der Waals surface area contributed by atoms with E-state index in [1.807, 2.05) is 0 Å². The zero-order chi connectivity index (χ0) is 11.6. The fourth-order valence-corrected chi connectivity index (χ4v) is 4.50. The Hall–Kier alpha value is -0.300. The second-order valence-electron chi connectivity index (χ2n) is 6.55. The van der Waals surface area contributed by atoms with E-state index in [-0.39, 0.29) is 11.2 Å². The topological polar surface area (TPSA) is 12.5 Å². The lowest BCUT2D eigenvalue weighted by Gasteiger charge is -2.22. The Bertz CT molecular complexity index is 334.